The Kier molecular flexibility index (Phi) is 8.66. The van der Waals surface area contributed by atoms with Crippen molar-refractivity contribution in [2.75, 3.05) is 11.5 Å². The van der Waals surface area contributed by atoms with Crippen LogP contribution in [0.2, 0.25) is 0 Å². The van der Waals surface area contributed by atoms with Crippen LogP contribution in [0.3, 0.4) is 0 Å². The molecule has 21 heavy (non-hydrogen) atoms. The van der Waals surface area contributed by atoms with Gasteiger partial charge in [0.25, 0.3) is 0 Å². The summed E-state index contributed by atoms with van der Waals surface area (Å²) in [5.41, 5.74) is 12.4. The molecule has 0 amide bonds. The predicted octanol–water partition coefficient (Wildman–Crippen LogP) is 1.03. The Labute approximate surface area is 127 Å². The summed E-state index contributed by atoms with van der Waals surface area (Å²) in [6.45, 7) is 0. The third-order valence-corrected chi connectivity index (χ3v) is 1.95. The number of anilines is 2. The van der Waals surface area contributed by atoms with Gasteiger partial charge in [0.1, 0.15) is 11.5 Å². The number of halogens is 1. The van der Waals surface area contributed by atoms with Gasteiger partial charge in [-0.15, -0.1) is 17.5 Å². The molecule has 2 rings (SSSR count). The zero-order valence-corrected chi connectivity index (χ0v) is 11.7. The lowest BCUT2D eigenvalue weighted by atomic mass is 10.3. The van der Waals surface area contributed by atoms with Crippen molar-refractivity contribution in [3.8, 4) is 0 Å². The SMILES string of the molecule is Cl.Nc1ccc(/N=N/c2ccccc2)c(N)n1.OB(O)O. The molecule has 0 saturated carbocycles. The minimum absolute atomic E-state index is 0. The Morgan fingerprint density at radius 3 is 2.00 bits per heavy atom. The zero-order chi connectivity index (χ0) is 15.0. The fourth-order valence-corrected chi connectivity index (χ4v) is 1.17. The third-order valence-electron chi connectivity index (χ3n) is 1.95. The van der Waals surface area contributed by atoms with E-state index >= 15 is 0 Å². The molecule has 0 fully saturated rings. The van der Waals surface area contributed by atoms with Crippen molar-refractivity contribution in [1.82, 2.24) is 4.98 Å². The Morgan fingerprint density at radius 1 is 0.905 bits per heavy atom. The molecule has 0 unspecified atom stereocenters. The number of rotatable bonds is 2. The predicted molar refractivity (Wildman–Crippen MR) is 83.3 cm³/mol. The first-order valence-corrected chi connectivity index (χ1v) is 5.52. The van der Waals surface area contributed by atoms with E-state index in [2.05, 4.69) is 15.2 Å². The summed E-state index contributed by atoms with van der Waals surface area (Å²) in [6.07, 6.45) is 0. The van der Waals surface area contributed by atoms with Crippen molar-refractivity contribution in [1.29, 1.82) is 0 Å². The molecule has 1 heterocycles. The van der Waals surface area contributed by atoms with Gasteiger partial charge in [0, 0.05) is 0 Å². The van der Waals surface area contributed by atoms with Crippen LogP contribution in [-0.2, 0) is 0 Å². The van der Waals surface area contributed by atoms with Crippen LogP contribution in [-0.4, -0.2) is 27.4 Å². The molecular weight excluding hydrogens is 296 g/mol. The van der Waals surface area contributed by atoms with Crippen molar-refractivity contribution >= 4 is 42.7 Å². The van der Waals surface area contributed by atoms with Gasteiger partial charge in [0.05, 0.1) is 5.69 Å². The highest BCUT2D eigenvalue weighted by Gasteiger charge is 1.98. The maximum atomic E-state index is 7.17. The second-order valence-electron chi connectivity index (χ2n) is 3.52. The second kappa shape index (κ2) is 9.67. The lowest BCUT2D eigenvalue weighted by Gasteiger charge is -1.98. The number of nitrogen functional groups attached to an aromatic ring is 2. The van der Waals surface area contributed by atoms with Crippen LogP contribution < -0.4 is 11.5 Å². The molecule has 0 saturated heterocycles. The zero-order valence-electron chi connectivity index (χ0n) is 10.9. The van der Waals surface area contributed by atoms with E-state index in [1.165, 1.54) is 0 Å². The minimum Gasteiger partial charge on any atom is -0.402 e. The van der Waals surface area contributed by atoms with E-state index in [-0.39, 0.29) is 18.2 Å². The maximum absolute atomic E-state index is 7.17. The van der Waals surface area contributed by atoms with E-state index < -0.39 is 7.32 Å². The van der Waals surface area contributed by atoms with Crippen LogP contribution >= 0.6 is 12.4 Å². The fraction of sp³-hybridized carbons (Fsp3) is 0. The van der Waals surface area contributed by atoms with Gasteiger partial charge in [-0.05, 0) is 24.3 Å². The normalized spacial score (nSPS) is 9.48. The Hall–Kier alpha value is -2.20. The smallest absolute Gasteiger partial charge is 0.402 e. The molecule has 1 aromatic heterocycles. The van der Waals surface area contributed by atoms with Gasteiger partial charge in [-0.25, -0.2) is 4.98 Å². The summed E-state index contributed by atoms with van der Waals surface area (Å²) in [5.74, 6) is 0.649. The third kappa shape index (κ3) is 7.85. The van der Waals surface area contributed by atoms with Gasteiger partial charge in [0.15, 0.2) is 5.82 Å². The number of nitrogens with zero attached hydrogens (tertiary/aromatic N) is 3. The van der Waals surface area contributed by atoms with E-state index in [1.807, 2.05) is 30.3 Å². The average molecular weight is 312 g/mol. The molecule has 0 spiro atoms. The average Bonchev–Trinajstić information content (AvgIpc) is 2.38. The van der Waals surface area contributed by atoms with E-state index in [9.17, 15) is 0 Å². The molecule has 7 N–H and O–H groups in total. The van der Waals surface area contributed by atoms with Gasteiger partial charge in [-0.1, -0.05) is 18.2 Å². The van der Waals surface area contributed by atoms with Gasteiger partial charge in [-0.3, -0.25) is 0 Å². The number of nitrogens with two attached hydrogens (primary N) is 2. The van der Waals surface area contributed by atoms with Crippen LogP contribution in [0.15, 0.2) is 52.7 Å². The maximum Gasteiger partial charge on any atom is 0.631 e. The molecule has 112 valence electrons. The van der Waals surface area contributed by atoms with Crippen LogP contribution in [0.5, 0.6) is 0 Å². The van der Waals surface area contributed by atoms with E-state index in [0.29, 0.717) is 11.5 Å². The Morgan fingerprint density at radius 2 is 1.48 bits per heavy atom. The molecule has 1 aromatic carbocycles. The monoisotopic (exact) mass is 311 g/mol. The molecule has 2 aromatic rings. The van der Waals surface area contributed by atoms with Crippen molar-refractivity contribution in [3.63, 3.8) is 0 Å². The largest absolute Gasteiger partial charge is 0.631 e. The van der Waals surface area contributed by atoms with Gasteiger partial charge in [0.2, 0.25) is 0 Å². The van der Waals surface area contributed by atoms with Crippen LogP contribution in [0, 0.1) is 0 Å². The van der Waals surface area contributed by atoms with Crippen molar-refractivity contribution in [3.05, 3.63) is 42.5 Å². The van der Waals surface area contributed by atoms with Gasteiger partial charge in [-0.2, -0.15) is 5.11 Å². The lowest BCUT2D eigenvalue weighted by Crippen LogP contribution is -2.07. The highest BCUT2D eigenvalue weighted by Crippen LogP contribution is 2.23. The van der Waals surface area contributed by atoms with Crippen LogP contribution in [0.25, 0.3) is 0 Å². The first-order chi connectivity index (χ1) is 9.49. The molecule has 8 nitrogen and oxygen atoms in total. The molecule has 0 aliphatic heterocycles. The van der Waals surface area contributed by atoms with E-state index in [1.54, 1.807) is 12.1 Å². The molecule has 0 bridgehead atoms. The van der Waals surface area contributed by atoms with Crippen molar-refractivity contribution < 1.29 is 15.1 Å². The molecular formula is C11H15BClN5O3. The van der Waals surface area contributed by atoms with Gasteiger partial charge >= 0.3 is 7.32 Å². The molecule has 0 aliphatic carbocycles. The topological polar surface area (TPSA) is 150 Å². The van der Waals surface area contributed by atoms with Crippen LogP contribution in [0.4, 0.5) is 23.0 Å². The second-order valence-corrected chi connectivity index (χ2v) is 3.52. The molecule has 0 aliphatic rings. The first kappa shape index (κ1) is 18.8. The lowest BCUT2D eigenvalue weighted by molar-refractivity contribution is 0.278. The number of azo groups is 1. The van der Waals surface area contributed by atoms with Crippen molar-refractivity contribution in [2.24, 2.45) is 10.2 Å². The van der Waals surface area contributed by atoms with Crippen molar-refractivity contribution in [2.45, 2.75) is 0 Å². The highest BCUT2D eigenvalue weighted by atomic mass is 35.5. The first-order valence-electron chi connectivity index (χ1n) is 5.52. The number of pyridine rings is 1. The number of aromatic nitrogens is 1. The number of hydrogen-bond acceptors (Lipinski definition) is 8. The summed E-state index contributed by atoms with van der Waals surface area (Å²) >= 11 is 0. The number of benzene rings is 1. The van der Waals surface area contributed by atoms with E-state index in [4.69, 9.17) is 26.5 Å². The fourth-order valence-electron chi connectivity index (χ4n) is 1.17. The van der Waals surface area contributed by atoms with Crippen LogP contribution in [0.1, 0.15) is 0 Å². The summed E-state index contributed by atoms with van der Waals surface area (Å²) in [4.78, 5) is 3.89. The van der Waals surface area contributed by atoms with E-state index in [0.717, 1.165) is 5.69 Å². The summed E-state index contributed by atoms with van der Waals surface area (Å²) < 4.78 is 0. The number of hydrogen-bond donors (Lipinski definition) is 5. The Balaban J connectivity index is 0.000000715. The standard InChI is InChI=1S/C11H11N5.BH3O3.ClH/c12-10-7-6-9(11(13)14-10)16-15-8-4-2-1-3-5-8;2-1(3)4;/h1-7H,(H4,12,13,14);2-4H;1H/b16-15+;;. The van der Waals surface area contributed by atoms with Gasteiger partial charge < -0.3 is 26.5 Å². The molecule has 10 heteroatoms. The minimum atomic E-state index is -2.17. The summed E-state index contributed by atoms with van der Waals surface area (Å²) in [7, 11) is -2.17. The highest BCUT2D eigenvalue weighted by molar-refractivity contribution is 6.30. The molecule has 0 atom stereocenters. The molecule has 0 radical (unpaired) electrons. The quantitative estimate of drug-likeness (QED) is 0.413. The summed E-state index contributed by atoms with van der Waals surface area (Å²) in [6, 6.07) is 12.7. The summed E-state index contributed by atoms with van der Waals surface area (Å²) in [5, 5.41) is 29.5. The Bertz CT molecular complexity index is 568.